The molecule has 0 bridgehead atoms. The summed E-state index contributed by atoms with van der Waals surface area (Å²) in [5.41, 5.74) is 0. The molecule has 0 amide bonds. The summed E-state index contributed by atoms with van der Waals surface area (Å²) in [4.78, 5) is 0. The van der Waals surface area contributed by atoms with Gasteiger partial charge in [-0.25, -0.2) is 0 Å². The van der Waals surface area contributed by atoms with E-state index in [-0.39, 0.29) is 12.6 Å². The second kappa shape index (κ2) is 12.9. The molecule has 0 rings (SSSR count). The van der Waals surface area contributed by atoms with Crippen LogP contribution in [0.3, 0.4) is 0 Å². The maximum Gasteiger partial charge on any atom is 0.0585 e. The molecule has 0 fully saturated rings. The summed E-state index contributed by atoms with van der Waals surface area (Å²) in [6, 6.07) is 0.204. The SMILES string of the molecule is CCCCCCOCCC(CO)NCCC. The number of unbranched alkanes of at least 4 members (excludes halogenated alkanes) is 3. The molecule has 0 saturated heterocycles. The zero-order chi connectivity index (χ0) is 12.1. The Labute approximate surface area is 101 Å². The lowest BCUT2D eigenvalue weighted by Crippen LogP contribution is -2.34. The summed E-state index contributed by atoms with van der Waals surface area (Å²) >= 11 is 0. The molecule has 0 saturated carbocycles. The summed E-state index contributed by atoms with van der Waals surface area (Å²) in [6.45, 7) is 7.15. The summed E-state index contributed by atoms with van der Waals surface area (Å²) in [5.74, 6) is 0. The highest BCUT2D eigenvalue weighted by Gasteiger charge is 2.04. The van der Waals surface area contributed by atoms with Gasteiger partial charge in [-0.05, 0) is 25.8 Å². The Hall–Kier alpha value is -0.120. The van der Waals surface area contributed by atoms with Crippen LogP contribution >= 0.6 is 0 Å². The first-order valence-corrected chi connectivity index (χ1v) is 6.77. The van der Waals surface area contributed by atoms with E-state index in [0.717, 1.165) is 32.6 Å². The predicted molar refractivity (Wildman–Crippen MR) is 68.7 cm³/mol. The van der Waals surface area contributed by atoms with Gasteiger partial charge in [-0.3, -0.25) is 0 Å². The second-order valence-corrected chi connectivity index (χ2v) is 4.30. The van der Waals surface area contributed by atoms with Crippen molar-refractivity contribution in [3.63, 3.8) is 0 Å². The third-order valence-electron chi connectivity index (χ3n) is 2.66. The molecule has 1 atom stereocenters. The Morgan fingerprint density at radius 2 is 1.88 bits per heavy atom. The van der Waals surface area contributed by atoms with Crippen molar-refractivity contribution >= 4 is 0 Å². The van der Waals surface area contributed by atoms with E-state index < -0.39 is 0 Å². The molecule has 0 heterocycles. The normalized spacial score (nSPS) is 12.9. The largest absolute Gasteiger partial charge is 0.395 e. The van der Waals surface area contributed by atoms with Gasteiger partial charge in [-0.1, -0.05) is 33.1 Å². The van der Waals surface area contributed by atoms with Gasteiger partial charge in [0.05, 0.1) is 6.61 Å². The van der Waals surface area contributed by atoms with E-state index in [1.165, 1.54) is 25.7 Å². The number of aliphatic hydroxyl groups is 1. The fourth-order valence-corrected chi connectivity index (χ4v) is 1.56. The molecular formula is C13H29NO2. The Morgan fingerprint density at radius 3 is 2.50 bits per heavy atom. The van der Waals surface area contributed by atoms with Crippen molar-refractivity contribution in [3.05, 3.63) is 0 Å². The first-order valence-electron chi connectivity index (χ1n) is 6.77. The van der Waals surface area contributed by atoms with Gasteiger partial charge in [-0.2, -0.15) is 0 Å². The Morgan fingerprint density at radius 1 is 1.06 bits per heavy atom. The molecule has 3 heteroatoms. The van der Waals surface area contributed by atoms with E-state index in [1.54, 1.807) is 0 Å². The molecule has 0 aromatic carbocycles. The standard InChI is InChI=1S/C13H29NO2/c1-3-5-6-7-10-16-11-8-13(12-15)14-9-4-2/h13-15H,3-12H2,1-2H3. The molecule has 0 radical (unpaired) electrons. The van der Waals surface area contributed by atoms with Crippen molar-refractivity contribution in [1.82, 2.24) is 5.32 Å². The first-order chi connectivity index (χ1) is 7.85. The van der Waals surface area contributed by atoms with Crippen LogP contribution in [0, 0.1) is 0 Å². The molecule has 2 N–H and O–H groups in total. The highest BCUT2D eigenvalue weighted by Crippen LogP contribution is 2.00. The van der Waals surface area contributed by atoms with Crippen molar-refractivity contribution in [2.75, 3.05) is 26.4 Å². The molecule has 0 aromatic rings. The van der Waals surface area contributed by atoms with Gasteiger partial charge in [0.25, 0.3) is 0 Å². The van der Waals surface area contributed by atoms with Crippen molar-refractivity contribution in [1.29, 1.82) is 0 Å². The maximum absolute atomic E-state index is 9.11. The number of aliphatic hydroxyl groups excluding tert-OH is 1. The summed E-state index contributed by atoms with van der Waals surface area (Å²) in [7, 11) is 0. The smallest absolute Gasteiger partial charge is 0.0585 e. The zero-order valence-electron chi connectivity index (χ0n) is 11.0. The Balaban J connectivity index is 3.20. The van der Waals surface area contributed by atoms with Crippen molar-refractivity contribution in [3.8, 4) is 0 Å². The number of ether oxygens (including phenoxy) is 1. The van der Waals surface area contributed by atoms with Crippen LogP contribution in [0.4, 0.5) is 0 Å². The molecule has 0 aliphatic heterocycles. The predicted octanol–water partition coefficient (Wildman–Crippen LogP) is 2.33. The number of hydrogen-bond donors (Lipinski definition) is 2. The highest BCUT2D eigenvalue weighted by atomic mass is 16.5. The van der Waals surface area contributed by atoms with E-state index in [0.29, 0.717) is 0 Å². The van der Waals surface area contributed by atoms with E-state index in [2.05, 4.69) is 19.2 Å². The lowest BCUT2D eigenvalue weighted by atomic mass is 10.2. The van der Waals surface area contributed by atoms with E-state index in [9.17, 15) is 0 Å². The van der Waals surface area contributed by atoms with Gasteiger partial charge < -0.3 is 15.2 Å². The summed E-state index contributed by atoms with van der Waals surface area (Å²) < 4.78 is 5.54. The molecular weight excluding hydrogens is 202 g/mol. The van der Waals surface area contributed by atoms with E-state index >= 15 is 0 Å². The molecule has 1 unspecified atom stereocenters. The van der Waals surface area contributed by atoms with Gasteiger partial charge in [0.2, 0.25) is 0 Å². The van der Waals surface area contributed by atoms with Gasteiger partial charge >= 0.3 is 0 Å². The highest BCUT2D eigenvalue weighted by molar-refractivity contribution is 4.64. The fourth-order valence-electron chi connectivity index (χ4n) is 1.56. The van der Waals surface area contributed by atoms with E-state index in [1.807, 2.05) is 0 Å². The minimum Gasteiger partial charge on any atom is -0.395 e. The molecule has 3 nitrogen and oxygen atoms in total. The van der Waals surface area contributed by atoms with Crippen molar-refractivity contribution in [2.45, 2.75) is 58.4 Å². The first kappa shape index (κ1) is 15.9. The lowest BCUT2D eigenvalue weighted by molar-refractivity contribution is 0.110. The minimum atomic E-state index is 0.204. The Kier molecular flexibility index (Phi) is 12.9. The topological polar surface area (TPSA) is 41.5 Å². The summed E-state index contributed by atoms with van der Waals surface area (Å²) in [6.07, 6.45) is 7.03. The monoisotopic (exact) mass is 231 g/mol. The van der Waals surface area contributed by atoms with Gasteiger partial charge in [0.15, 0.2) is 0 Å². The van der Waals surface area contributed by atoms with Crippen LogP contribution in [0.2, 0.25) is 0 Å². The molecule has 0 aliphatic rings. The molecule has 16 heavy (non-hydrogen) atoms. The van der Waals surface area contributed by atoms with Crippen LogP contribution < -0.4 is 5.32 Å². The average molecular weight is 231 g/mol. The average Bonchev–Trinajstić information content (AvgIpc) is 2.32. The van der Waals surface area contributed by atoms with Crippen molar-refractivity contribution in [2.24, 2.45) is 0 Å². The zero-order valence-corrected chi connectivity index (χ0v) is 11.0. The van der Waals surface area contributed by atoms with E-state index in [4.69, 9.17) is 9.84 Å². The second-order valence-electron chi connectivity index (χ2n) is 4.30. The third kappa shape index (κ3) is 10.4. The Bertz CT molecular complexity index is 131. The molecule has 0 aliphatic carbocycles. The fraction of sp³-hybridized carbons (Fsp3) is 1.00. The van der Waals surface area contributed by atoms with Crippen LogP contribution in [0.1, 0.15) is 52.4 Å². The van der Waals surface area contributed by atoms with Crippen LogP contribution in [0.15, 0.2) is 0 Å². The third-order valence-corrected chi connectivity index (χ3v) is 2.66. The number of hydrogen-bond acceptors (Lipinski definition) is 3. The molecule has 0 spiro atoms. The van der Waals surface area contributed by atoms with Crippen molar-refractivity contribution < 1.29 is 9.84 Å². The van der Waals surface area contributed by atoms with Gasteiger partial charge in [0, 0.05) is 19.3 Å². The van der Waals surface area contributed by atoms with Crippen LogP contribution in [-0.4, -0.2) is 37.5 Å². The summed E-state index contributed by atoms with van der Waals surface area (Å²) in [5, 5.41) is 12.4. The minimum absolute atomic E-state index is 0.204. The quantitative estimate of drug-likeness (QED) is 0.507. The number of nitrogens with one attached hydrogen (secondary N) is 1. The lowest BCUT2D eigenvalue weighted by Gasteiger charge is -2.15. The maximum atomic E-state index is 9.11. The van der Waals surface area contributed by atoms with Crippen LogP contribution in [0.5, 0.6) is 0 Å². The van der Waals surface area contributed by atoms with Crippen LogP contribution in [0.25, 0.3) is 0 Å². The van der Waals surface area contributed by atoms with Gasteiger partial charge in [-0.15, -0.1) is 0 Å². The molecule has 0 aromatic heterocycles. The molecule has 98 valence electrons. The van der Waals surface area contributed by atoms with Crippen LogP contribution in [-0.2, 0) is 4.74 Å². The number of rotatable bonds is 12. The van der Waals surface area contributed by atoms with Gasteiger partial charge in [0.1, 0.15) is 0 Å².